The van der Waals surface area contributed by atoms with Crippen LogP contribution in [0.2, 0.25) is 0 Å². The second kappa shape index (κ2) is 4.92. The Hall–Kier alpha value is -3.16. The van der Waals surface area contributed by atoms with E-state index in [1.165, 1.54) is 36.4 Å². The Kier molecular flexibility index (Phi) is 2.96. The van der Waals surface area contributed by atoms with Crippen LogP contribution in [0.4, 0.5) is 13.2 Å². The molecule has 2 aromatic carbocycles. The number of benzene rings is 2. The molecule has 0 fully saturated rings. The average molecular weight is 331 g/mol. The number of aromatic amines is 1. The van der Waals surface area contributed by atoms with Gasteiger partial charge < -0.3 is 4.42 Å². The zero-order valence-corrected chi connectivity index (χ0v) is 11.9. The fourth-order valence-electron chi connectivity index (χ4n) is 2.54. The van der Waals surface area contributed by atoms with Gasteiger partial charge in [0.1, 0.15) is 5.52 Å². The minimum absolute atomic E-state index is 0.00811. The number of rotatable bonds is 1. The molecule has 8 heteroatoms. The molecule has 0 aliphatic carbocycles. The quantitative estimate of drug-likeness (QED) is 0.577. The van der Waals surface area contributed by atoms with Gasteiger partial charge in [0, 0.05) is 0 Å². The number of halogens is 3. The SMILES string of the molecule is O=c1nc2oc3cc(-c4ccccc4C(F)(F)F)ccc3nc-2[nH]1. The molecule has 5 nitrogen and oxygen atoms in total. The van der Waals surface area contributed by atoms with Gasteiger partial charge in [0.25, 0.3) is 5.89 Å². The fourth-order valence-corrected chi connectivity index (χ4v) is 2.54. The molecule has 0 amide bonds. The summed E-state index contributed by atoms with van der Waals surface area (Å²) in [6.45, 7) is 0. The van der Waals surface area contributed by atoms with E-state index in [9.17, 15) is 18.0 Å². The molecule has 120 valence electrons. The van der Waals surface area contributed by atoms with Gasteiger partial charge in [0.05, 0.1) is 5.56 Å². The van der Waals surface area contributed by atoms with Crippen LogP contribution < -0.4 is 5.69 Å². The smallest absolute Gasteiger partial charge is 0.417 e. The maximum atomic E-state index is 13.2. The van der Waals surface area contributed by atoms with Crippen LogP contribution in [0.5, 0.6) is 0 Å². The van der Waals surface area contributed by atoms with Crippen LogP contribution in [0.25, 0.3) is 33.9 Å². The van der Waals surface area contributed by atoms with Crippen molar-refractivity contribution in [3.05, 3.63) is 58.5 Å². The van der Waals surface area contributed by atoms with Crippen molar-refractivity contribution in [1.82, 2.24) is 15.0 Å². The highest BCUT2D eigenvalue weighted by Gasteiger charge is 2.33. The number of H-pyrrole nitrogens is 1. The van der Waals surface area contributed by atoms with E-state index >= 15 is 0 Å². The van der Waals surface area contributed by atoms with Crippen molar-refractivity contribution in [2.24, 2.45) is 0 Å². The normalized spacial score (nSPS) is 12.1. The van der Waals surface area contributed by atoms with Gasteiger partial charge in [-0.3, -0.25) is 4.98 Å². The Labute approximate surface area is 132 Å². The predicted molar refractivity (Wildman–Crippen MR) is 79.5 cm³/mol. The van der Waals surface area contributed by atoms with Crippen LogP contribution in [0, 0.1) is 0 Å². The summed E-state index contributed by atoms with van der Waals surface area (Å²) < 4.78 is 45.0. The number of hydrogen-bond acceptors (Lipinski definition) is 4. The molecule has 0 saturated heterocycles. The van der Waals surface area contributed by atoms with Gasteiger partial charge in [0.2, 0.25) is 0 Å². The molecule has 2 aliphatic rings. The van der Waals surface area contributed by atoms with Crippen LogP contribution >= 0.6 is 0 Å². The molecule has 2 heterocycles. The van der Waals surface area contributed by atoms with Gasteiger partial charge in [-0.25, -0.2) is 9.78 Å². The largest absolute Gasteiger partial charge is 0.433 e. The first kappa shape index (κ1) is 14.4. The lowest BCUT2D eigenvalue weighted by molar-refractivity contribution is -0.137. The van der Waals surface area contributed by atoms with Crippen molar-refractivity contribution in [3.63, 3.8) is 0 Å². The van der Waals surface area contributed by atoms with Crippen molar-refractivity contribution in [3.8, 4) is 22.8 Å². The fraction of sp³-hybridized carbons (Fsp3) is 0.0625. The van der Waals surface area contributed by atoms with Gasteiger partial charge in [-0.2, -0.15) is 18.2 Å². The van der Waals surface area contributed by atoms with Crippen LogP contribution in [0.1, 0.15) is 5.56 Å². The molecule has 0 saturated carbocycles. The molecule has 0 aromatic heterocycles. The maximum absolute atomic E-state index is 13.2. The third kappa shape index (κ3) is 2.32. The lowest BCUT2D eigenvalue weighted by Crippen LogP contribution is -2.06. The third-order valence-corrected chi connectivity index (χ3v) is 3.57. The molecule has 2 aliphatic heterocycles. The van der Waals surface area contributed by atoms with Crippen LogP contribution in [0.3, 0.4) is 0 Å². The Morgan fingerprint density at radius 2 is 1.83 bits per heavy atom. The van der Waals surface area contributed by atoms with Gasteiger partial charge >= 0.3 is 11.9 Å². The van der Waals surface area contributed by atoms with Crippen molar-refractivity contribution >= 4 is 11.1 Å². The first-order valence-electron chi connectivity index (χ1n) is 6.89. The molecule has 0 radical (unpaired) electrons. The lowest BCUT2D eigenvalue weighted by atomic mass is 9.99. The van der Waals surface area contributed by atoms with E-state index in [1.54, 1.807) is 0 Å². The summed E-state index contributed by atoms with van der Waals surface area (Å²) in [5.74, 6) is 0.199. The van der Waals surface area contributed by atoms with Gasteiger partial charge in [0.15, 0.2) is 11.4 Å². The molecule has 0 unspecified atom stereocenters. The minimum atomic E-state index is -4.47. The van der Waals surface area contributed by atoms with Crippen molar-refractivity contribution in [1.29, 1.82) is 0 Å². The summed E-state index contributed by atoms with van der Waals surface area (Å²) in [6, 6.07) is 9.79. The molecular weight excluding hydrogens is 323 g/mol. The number of nitrogens with zero attached hydrogens (tertiary/aromatic N) is 2. The zero-order chi connectivity index (χ0) is 16.9. The topological polar surface area (TPSA) is 71.8 Å². The van der Waals surface area contributed by atoms with E-state index in [0.29, 0.717) is 11.1 Å². The second-order valence-electron chi connectivity index (χ2n) is 5.14. The summed E-state index contributed by atoms with van der Waals surface area (Å²) in [6.07, 6.45) is -4.47. The molecule has 2 aromatic rings. The summed E-state index contributed by atoms with van der Waals surface area (Å²) in [4.78, 5) is 21.4. The van der Waals surface area contributed by atoms with E-state index in [2.05, 4.69) is 15.0 Å². The van der Waals surface area contributed by atoms with Crippen LogP contribution in [-0.2, 0) is 6.18 Å². The maximum Gasteiger partial charge on any atom is 0.417 e. The summed E-state index contributed by atoms with van der Waals surface area (Å²) in [7, 11) is 0. The number of fused-ring (bicyclic) bond motifs is 2. The Morgan fingerprint density at radius 3 is 2.62 bits per heavy atom. The molecule has 0 atom stereocenters. The van der Waals surface area contributed by atoms with Gasteiger partial charge in [-0.05, 0) is 29.3 Å². The molecular formula is C16H8F3N3O2. The lowest BCUT2D eigenvalue weighted by Gasteiger charge is -2.13. The standard InChI is InChI=1S/C16H8F3N3O2/c17-16(18,19)10-4-2-1-3-9(10)8-5-6-11-12(7-8)24-14-13(20-11)21-15(23)22-14/h1-7H,(H,20,21,23). The summed E-state index contributed by atoms with van der Waals surface area (Å²) in [5.41, 5.74) is -0.325. The number of aromatic nitrogens is 3. The number of nitrogens with one attached hydrogen (secondary N) is 1. The monoisotopic (exact) mass is 331 g/mol. The van der Waals surface area contributed by atoms with E-state index < -0.39 is 17.4 Å². The molecule has 1 N–H and O–H groups in total. The highest BCUT2D eigenvalue weighted by Crippen LogP contribution is 2.37. The van der Waals surface area contributed by atoms with Crippen LogP contribution in [0.15, 0.2) is 51.7 Å². The van der Waals surface area contributed by atoms with Gasteiger partial charge in [-0.1, -0.05) is 24.3 Å². The van der Waals surface area contributed by atoms with Crippen molar-refractivity contribution < 1.29 is 17.6 Å². The minimum Gasteiger partial charge on any atom is -0.433 e. The Balaban J connectivity index is 1.95. The predicted octanol–water partition coefficient (Wildman–Crippen LogP) is 3.70. The summed E-state index contributed by atoms with van der Waals surface area (Å²) >= 11 is 0. The first-order valence-corrected chi connectivity index (χ1v) is 6.89. The number of alkyl halides is 3. The van der Waals surface area contributed by atoms with E-state index in [-0.39, 0.29) is 22.9 Å². The highest BCUT2D eigenvalue weighted by molar-refractivity contribution is 5.82. The summed E-state index contributed by atoms with van der Waals surface area (Å²) in [5, 5.41) is 0. The van der Waals surface area contributed by atoms with Crippen molar-refractivity contribution in [2.75, 3.05) is 0 Å². The second-order valence-corrected chi connectivity index (χ2v) is 5.14. The van der Waals surface area contributed by atoms with Crippen molar-refractivity contribution in [2.45, 2.75) is 6.18 Å². The first-order chi connectivity index (χ1) is 11.4. The van der Waals surface area contributed by atoms with E-state index in [0.717, 1.165) is 6.07 Å². The average Bonchev–Trinajstić information content (AvgIpc) is 2.90. The number of imidazole rings is 1. The highest BCUT2D eigenvalue weighted by atomic mass is 19.4. The molecule has 24 heavy (non-hydrogen) atoms. The molecule has 0 bridgehead atoms. The third-order valence-electron chi connectivity index (χ3n) is 3.57. The van der Waals surface area contributed by atoms with E-state index in [1.807, 2.05) is 0 Å². The zero-order valence-electron chi connectivity index (χ0n) is 11.9. The van der Waals surface area contributed by atoms with Crippen LogP contribution in [-0.4, -0.2) is 15.0 Å². The Morgan fingerprint density at radius 1 is 1.04 bits per heavy atom. The van der Waals surface area contributed by atoms with E-state index in [4.69, 9.17) is 4.42 Å². The van der Waals surface area contributed by atoms with Gasteiger partial charge in [-0.15, -0.1) is 0 Å². The number of hydrogen-bond donors (Lipinski definition) is 1. The Bertz CT molecular complexity index is 1080. The molecule has 4 rings (SSSR count). The molecule has 0 spiro atoms.